The van der Waals surface area contributed by atoms with Crippen molar-refractivity contribution in [1.82, 2.24) is 5.32 Å². The molecule has 0 aromatic heterocycles. The van der Waals surface area contributed by atoms with Gasteiger partial charge in [0.05, 0.1) is 5.56 Å². The van der Waals surface area contributed by atoms with Gasteiger partial charge in [-0.05, 0) is 12.1 Å². The molecule has 0 spiro atoms. The molecule has 1 aromatic rings. The van der Waals surface area contributed by atoms with Gasteiger partial charge in [-0.1, -0.05) is 0 Å². The number of nitrogens with two attached hydrogens (primary N) is 1. The molecule has 16 heavy (non-hydrogen) atoms. The van der Waals surface area contributed by atoms with Crippen LogP contribution in [0.3, 0.4) is 0 Å². The van der Waals surface area contributed by atoms with Crippen LogP contribution >= 0.6 is 0 Å². The van der Waals surface area contributed by atoms with Gasteiger partial charge in [0, 0.05) is 24.3 Å². The first-order valence-corrected chi connectivity index (χ1v) is 4.81. The van der Waals surface area contributed by atoms with Crippen LogP contribution in [0.4, 0.5) is 18.9 Å². The van der Waals surface area contributed by atoms with Gasteiger partial charge in [0.1, 0.15) is 12.4 Å². The third-order valence-corrected chi connectivity index (χ3v) is 2.33. The lowest BCUT2D eigenvalue weighted by molar-refractivity contribution is -0.138. The van der Waals surface area contributed by atoms with Crippen LogP contribution < -0.4 is 15.8 Å². The average molecular weight is 232 g/mol. The van der Waals surface area contributed by atoms with E-state index in [0.717, 1.165) is 6.07 Å². The minimum absolute atomic E-state index is 0.0957. The molecule has 0 bridgehead atoms. The third-order valence-electron chi connectivity index (χ3n) is 2.33. The van der Waals surface area contributed by atoms with Crippen LogP contribution in [-0.4, -0.2) is 13.2 Å². The van der Waals surface area contributed by atoms with E-state index < -0.39 is 11.7 Å². The third kappa shape index (κ3) is 2.06. The summed E-state index contributed by atoms with van der Waals surface area (Å²) in [5, 5.41) is 2.96. The maximum atomic E-state index is 12.7. The molecule has 0 saturated heterocycles. The number of hydrogen-bond donors (Lipinski definition) is 2. The van der Waals surface area contributed by atoms with Crippen molar-refractivity contribution >= 4 is 5.69 Å². The van der Waals surface area contributed by atoms with E-state index in [4.69, 9.17) is 10.5 Å². The molecule has 0 atom stereocenters. The first-order chi connectivity index (χ1) is 7.48. The maximum Gasteiger partial charge on any atom is 0.420 e. The number of anilines is 1. The van der Waals surface area contributed by atoms with Crippen molar-refractivity contribution in [2.24, 2.45) is 0 Å². The summed E-state index contributed by atoms with van der Waals surface area (Å²) in [6.07, 6.45) is -4.44. The van der Waals surface area contributed by atoms with Crippen LogP contribution in [0, 0.1) is 0 Å². The van der Waals surface area contributed by atoms with Gasteiger partial charge < -0.3 is 15.8 Å². The summed E-state index contributed by atoms with van der Waals surface area (Å²) < 4.78 is 43.3. The molecule has 1 aliphatic rings. The highest BCUT2D eigenvalue weighted by Crippen LogP contribution is 2.40. The summed E-state index contributed by atoms with van der Waals surface area (Å²) in [7, 11) is 0. The van der Waals surface area contributed by atoms with E-state index in [1.165, 1.54) is 6.07 Å². The molecule has 3 N–H and O–H groups in total. The van der Waals surface area contributed by atoms with Crippen LogP contribution in [0.1, 0.15) is 11.1 Å². The van der Waals surface area contributed by atoms with Crippen LogP contribution in [0.25, 0.3) is 0 Å². The molecule has 88 valence electrons. The van der Waals surface area contributed by atoms with E-state index >= 15 is 0 Å². The zero-order valence-electron chi connectivity index (χ0n) is 8.40. The van der Waals surface area contributed by atoms with Gasteiger partial charge in [-0.3, -0.25) is 0 Å². The first kappa shape index (κ1) is 11.1. The van der Waals surface area contributed by atoms with E-state index in [-0.39, 0.29) is 18.0 Å². The quantitative estimate of drug-likeness (QED) is 0.670. The lowest BCUT2D eigenvalue weighted by Crippen LogP contribution is -2.16. The predicted molar refractivity (Wildman–Crippen MR) is 53.1 cm³/mol. The summed E-state index contributed by atoms with van der Waals surface area (Å²) in [5.74, 6) is -0.105. The largest absolute Gasteiger partial charge is 0.491 e. The van der Waals surface area contributed by atoms with E-state index in [9.17, 15) is 13.2 Å². The summed E-state index contributed by atoms with van der Waals surface area (Å²) in [4.78, 5) is 0. The molecule has 0 fully saturated rings. The first-order valence-electron chi connectivity index (χ1n) is 4.81. The van der Waals surface area contributed by atoms with E-state index in [0.29, 0.717) is 18.7 Å². The monoisotopic (exact) mass is 232 g/mol. The number of halogens is 3. The standard InChI is InChI=1S/C10H11F3N2O/c11-10(12,13)8-4-7(14)3-6-5-15-1-2-16-9(6)8/h3-4,15H,1-2,5,14H2. The molecule has 1 aromatic carbocycles. The minimum Gasteiger partial charge on any atom is -0.491 e. The number of nitrogen functional groups attached to an aromatic ring is 1. The minimum atomic E-state index is -4.44. The second kappa shape index (κ2) is 3.86. The molecule has 1 aliphatic heterocycles. The number of ether oxygens (including phenoxy) is 1. The molecule has 2 rings (SSSR count). The van der Waals surface area contributed by atoms with Crippen molar-refractivity contribution in [3.05, 3.63) is 23.3 Å². The SMILES string of the molecule is Nc1cc2c(c(C(F)(F)F)c1)OCCNC2. The molecule has 0 aliphatic carbocycles. The van der Waals surface area contributed by atoms with E-state index in [2.05, 4.69) is 5.32 Å². The smallest absolute Gasteiger partial charge is 0.420 e. The summed E-state index contributed by atoms with van der Waals surface area (Å²) in [6.45, 7) is 1.08. The lowest BCUT2D eigenvalue weighted by atomic mass is 10.1. The van der Waals surface area contributed by atoms with Gasteiger partial charge in [-0.15, -0.1) is 0 Å². The van der Waals surface area contributed by atoms with Crippen LogP contribution in [-0.2, 0) is 12.7 Å². The van der Waals surface area contributed by atoms with Crippen LogP contribution in [0.5, 0.6) is 5.75 Å². The summed E-state index contributed by atoms with van der Waals surface area (Å²) >= 11 is 0. The highest BCUT2D eigenvalue weighted by Gasteiger charge is 2.36. The second-order valence-corrected chi connectivity index (χ2v) is 3.58. The van der Waals surface area contributed by atoms with Crippen molar-refractivity contribution in [3.63, 3.8) is 0 Å². The molecular formula is C10H11F3N2O. The van der Waals surface area contributed by atoms with Crippen molar-refractivity contribution in [2.45, 2.75) is 12.7 Å². The van der Waals surface area contributed by atoms with Crippen LogP contribution in [0.2, 0.25) is 0 Å². The molecule has 1 heterocycles. The number of rotatable bonds is 0. The summed E-state index contributed by atoms with van der Waals surface area (Å²) in [5.41, 5.74) is 5.19. The Labute approximate surface area is 90.4 Å². The van der Waals surface area contributed by atoms with Crippen molar-refractivity contribution in [3.8, 4) is 5.75 Å². The maximum absolute atomic E-state index is 12.7. The fourth-order valence-electron chi connectivity index (χ4n) is 1.67. The fourth-order valence-corrected chi connectivity index (χ4v) is 1.67. The number of fused-ring (bicyclic) bond motifs is 1. The van der Waals surface area contributed by atoms with Crippen molar-refractivity contribution in [1.29, 1.82) is 0 Å². The summed E-state index contributed by atoms with van der Waals surface area (Å²) in [6, 6.07) is 2.41. The zero-order valence-corrected chi connectivity index (χ0v) is 8.40. The van der Waals surface area contributed by atoms with Gasteiger partial charge in [0.25, 0.3) is 0 Å². The number of nitrogens with one attached hydrogen (secondary N) is 1. The van der Waals surface area contributed by atoms with Crippen molar-refractivity contribution < 1.29 is 17.9 Å². The van der Waals surface area contributed by atoms with Crippen molar-refractivity contribution in [2.75, 3.05) is 18.9 Å². The van der Waals surface area contributed by atoms with Gasteiger partial charge in [-0.25, -0.2) is 0 Å². The van der Waals surface area contributed by atoms with Gasteiger partial charge >= 0.3 is 6.18 Å². The van der Waals surface area contributed by atoms with Gasteiger partial charge in [-0.2, -0.15) is 13.2 Å². The Morgan fingerprint density at radius 3 is 2.75 bits per heavy atom. The molecular weight excluding hydrogens is 221 g/mol. The highest BCUT2D eigenvalue weighted by atomic mass is 19.4. The fraction of sp³-hybridized carbons (Fsp3) is 0.400. The Hall–Kier alpha value is -1.43. The predicted octanol–water partition coefficient (Wildman–Crippen LogP) is 1.77. The van der Waals surface area contributed by atoms with Gasteiger partial charge in [0.2, 0.25) is 0 Å². The number of alkyl halides is 3. The average Bonchev–Trinajstić information content (AvgIpc) is 2.39. The Kier molecular flexibility index (Phi) is 2.67. The Morgan fingerprint density at radius 1 is 1.31 bits per heavy atom. The topological polar surface area (TPSA) is 47.3 Å². The molecule has 3 nitrogen and oxygen atoms in total. The molecule has 6 heteroatoms. The Morgan fingerprint density at radius 2 is 2.06 bits per heavy atom. The lowest BCUT2D eigenvalue weighted by Gasteiger charge is -2.15. The normalized spacial score (nSPS) is 16.2. The molecule has 0 saturated carbocycles. The number of hydrogen-bond acceptors (Lipinski definition) is 3. The molecule has 0 amide bonds. The molecule has 0 unspecified atom stereocenters. The van der Waals surface area contributed by atoms with Crippen LogP contribution in [0.15, 0.2) is 12.1 Å². The molecule has 0 radical (unpaired) electrons. The highest BCUT2D eigenvalue weighted by molar-refractivity contribution is 5.54. The Balaban J connectivity index is 2.55. The Bertz CT molecular complexity index is 404. The van der Waals surface area contributed by atoms with Gasteiger partial charge in [0.15, 0.2) is 0 Å². The van der Waals surface area contributed by atoms with E-state index in [1.807, 2.05) is 0 Å². The number of benzene rings is 1. The second-order valence-electron chi connectivity index (χ2n) is 3.58. The van der Waals surface area contributed by atoms with E-state index in [1.54, 1.807) is 0 Å². The zero-order chi connectivity index (χ0) is 11.8.